The summed E-state index contributed by atoms with van der Waals surface area (Å²) >= 11 is 0. The Bertz CT molecular complexity index is 269. The van der Waals surface area contributed by atoms with Crippen molar-refractivity contribution in [2.75, 3.05) is 13.2 Å². The first kappa shape index (κ1) is 11.1. The second kappa shape index (κ2) is 5.66. The Kier molecular flexibility index (Phi) is 4.47. The SMILES string of the molecule is CC(C)Cc1ccccc1OCCO. The van der Waals surface area contributed by atoms with Crippen molar-refractivity contribution in [1.29, 1.82) is 0 Å². The van der Waals surface area contributed by atoms with Gasteiger partial charge in [0.05, 0.1) is 6.61 Å². The average Bonchev–Trinajstić information content (AvgIpc) is 2.16. The third-order valence-electron chi connectivity index (χ3n) is 1.95. The highest BCUT2D eigenvalue weighted by molar-refractivity contribution is 5.33. The minimum atomic E-state index is 0.0655. The van der Waals surface area contributed by atoms with Crippen LogP contribution in [-0.2, 0) is 6.42 Å². The fourth-order valence-electron chi connectivity index (χ4n) is 1.41. The normalized spacial score (nSPS) is 10.6. The molecule has 0 spiro atoms. The van der Waals surface area contributed by atoms with E-state index in [1.165, 1.54) is 5.56 Å². The van der Waals surface area contributed by atoms with Crippen LogP contribution in [0.2, 0.25) is 0 Å². The minimum absolute atomic E-state index is 0.0655. The van der Waals surface area contributed by atoms with Crippen molar-refractivity contribution in [3.8, 4) is 5.75 Å². The first-order valence-corrected chi connectivity index (χ1v) is 5.05. The van der Waals surface area contributed by atoms with Gasteiger partial charge in [-0.1, -0.05) is 32.0 Å². The molecule has 0 unspecified atom stereocenters. The highest BCUT2D eigenvalue weighted by Crippen LogP contribution is 2.20. The molecule has 0 amide bonds. The van der Waals surface area contributed by atoms with Crippen LogP contribution in [0.5, 0.6) is 5.75 Å². The lowest BCUT2D eigenvalue weighted by Gasteiger charge is -2.11. The largest absolute Gasteiger partial charge is 0.491 e. The topological polar surface area (TPSA) is 29.5 Å². The maximum Gasteiger partial charge on any atom is 0.122 e. The average molecular weight is 194 g/mol. The van der Waals surface area contributed by atoms with Gasteiger partial charge in [0.25, 0.3) is 0 Å². The van der Waals surface area contributed by atoms with Gasteiger partial charge < -0.3 is 9.84 Å². The molecule has 1 rings (SSSR count). The molecule has 1 aromatic carbocycles. The fraction of sp³-hybridized carbons (Fsp3) is 0.500. The van der Waals surface area contributed by atoms with Gasteiger partial charge in [-0.3, -0.25) is 0 Å². The highest BCUT2D eigenvalue weighted by Gasteiger charge is 2.04. The van der Waals surface area contributed by atoms with Gasteiger partial charge in [0.15, 0.2) is 0 Å². The van der Waals surface area contributed by atoms with E-state index in [1.54, 1.807) is 0 Å². The molecule has 0 atom stereocenters. The van der Waals surface area contributed by atoms with E-state index >= 15 is 0 Å². The molecule has 0 saturated heterocycles. The van der Waals surface area contributed by atoms with E-state index < -0.39 is 0 Å². The molecule has 0 aromatic heterocycles. The van der Waals surface area contributed by atoms with Crippen molar-refractivity contribution >= 4 is 0 Å². The van der Waals surface area contributed by atoms with Crippen LogP contribution in [-0.4, -0.2) is 18.3 Å². The molecular formula is C12H18O2. The van der Waals surface area contributed by atoms with Crippen molar-refractivity contribution in [1.82, 2.24) is 0 Å². The number of para-hydroxylation sites is 1. The molecule has 0 aliphatic heterocycles. The second-order valence-corrected chi connectivity index (χ2v) is 3.78. The molecule has 0 bridgehead atoms. The molecule has 0 heterocycles. The molecule has 1 aromatic rings. The van der Waals surface area contributed by atoms with Gasteiger partial charge in [0, 0.05) is 0 Å². The summed E-state index contributed by atoms with van der Waals surface area (Å²) in [6.45, 7) is 4.80. The van der Waals surface area contributed by atoms with E-state index in [-0.39, 0.29) is 6.61 Å². The smallest absolute Gasteiger partial charge is 0.122 e. The van der Waals surface area contributed by atoms with Gasteiger partial charge >= 0.3 is 0 Å². The maximum atomic E-state index is 8.68. The Morgan fingerprint density at radius 2 is 2.00 bits per heavy atom. The molecule has 14 heavy (non-hydrogen) atoms. The summed E-state index contributed by atoms with van der Waals surface area (Å²) in [6, 6.07) is 8.00. The van der Waals surface area contributed by atoms with Gasteiger partial charge in [0.1, 0.15) is 12.4 Å². The molecular weight excluding hydrogens is 176 g/mol. The Labute approximate surface area is 85.5 Å². The van der Waals surface area contributed by atoms with Crippen LogP contribution in [0.3, 0.4) is 0 Å². The van der Waals surface area contributed by atoms with E-state index in [4.69, 9.17) is 9.84 Å². The second-order valence-electron chi connectivity index (χ2n) is 3.78. The number of aliphatic hydroxyl groups is 1. The van der Waals surface area contributed by atoms with E-state index in [9.17, 15) is 0 Å². The minimum Gasteiger partial charge on any atom is -0.491 e. The number of benzene rings is 1. The third kappa shape index (κ3) is 3.38. The van der Waals surface area contributed by atoms with Gasteiger partial charge in [-0.15, -0.1) is 0 Å². The van der Waals surface area contributed by atoms with Crippen molar-refractivity contribution in [3.05, 3.63) is 29.8 Å². The van der Waals surface area contributed by atoms with Crippen molar-refractivity contribution < 1.29 is 9.84 Å². The fourth-order valence-corrected chi connectivity index (χ4v) is 1.41. The third-order valence-corrected chi connectivity index (χ3v) is 1.95. The Morgan fingerprint density at radius 3 is 2.64 bits per heavy atom. The molecule has 78 valence electrons. The van der Waals surface area contributed by atoms with Crippen LogP contribution < -0.4 is 4.74 Å². The molecule has 0 fully saturated rings. The van der Waals surface area contributed by atoms with Crippen LogP contribution in [0, 0.1) is 5.92 Å². The van der Waals surface area contributed by atoms with Crippen LogP contribution in [0.4, 0.5) is 0 Å². The van der Waals surface area contributed by atoms with Crippen LogP contribution in [0.25, 0.3) is 0 Å². The van der Waals surface area contributed by atoms with Crippen molar-refractivity contribution in [3.63, 3.8) is 0 Å². The molecule has 1 N–H and O–H groups in total. The summed E-state index contributed by atoms with van der Waals surface area (Å²) in [5.74, 6) is 1.52. The first-order valence-electron chi connectivity index (χ1n) is 5.05. The summed E-state index contributed by atoms with van der Waals surface area (Å²) < 4.78 is 5.44. The number of aliphatic hydroxyl groups excluding tert-OH is 1. The maximum absolute atomic E-state index is 8.68. The van der Waals surface area contributed by atoms with Gasteiger partial charge in [-0.25, -0.2) is 0 Å². The summed E-state index contributed by atoms with van der Waals surface area (Å²) in [4.78, 5) is 0. The summed E-state index contributed by atoms with van der Waals surface area (Å²) in [6.07, 6.45) is 1.02. The van der Waals surface area contributed by atoms with Crippen LogP contribution >= 0.6 is 0 Å². The number of rotatable bonds is 5. The predicted octanol–water partition coefficient (Wildman–Crippen LogP) is 2.26. The van der Waals surface area contributed by atoms with Gasteiger partial charge in [0.2, 0.25) is 0 Å². The molecule has 2 heteroatoms. The molecule has 0 aliphatic rings. The lowest BCUT2D eigenvalue weighted by molar-refractivity contribution is 0.200. The number of hydrogen-bond donors (Lipinski definition) is 1. The lowest BCUT2D eigenvalue weighted by atomic mass is 10.0. The first-order chi connectivity index (χ1) is 6.74. The van der Waals surface area contributed by atoms with Crippen LogP contribution in [0.15, 0.2) is 24.3 Å². The number of hydrogen-bond acceptors (Lipinski definition) is 2. The van der Waals surface area contributed by atoms with Gasteiger partial charge in [-0.05, 0) is 24.0 Å². The molecule has 0 aliphatic carbocycles. The quantitative estimate of drug-likeness (QED) is 0.779. The zero-order chi connectivity index (χ0) is 10.4. The van der Waals surface area contributed by atoms with Crippen molar-refractivity contribution in [2.24, 2.45) is 5.92 Å². The molecule has 2 nitrogen and oxygen atoms in total. The Hall–Kier alpha value is -1.02. The summed E-state index contributed by atoms with van der Waals surface area (Å²) in [5, 5.41) is 8.68. The lowest BCUT2D eigenvalue weighted by Crippen LogP contribution is -2.05. The zero-order valence-corrected chi connectivity index (χ0v) is 8.86. The summed E-state index contributed by atoms with van der Waals surface area (Å²) in [5.41, 5.74) is 1.22. The standard InChI is InChI=1S/C12H18O2/c1-10(2)9-11-5-3-4-6-12(11)14-8-7-13/h3-6,10,13H,7-9H2,1-2H3. The zero-order valence-electron chi connectivity index (χ0n) is 8.86. The number of ether oxygens (including phenoxy) is 1. The molecule has 0 saturated carbocycles. The van der Waals surface area contributed by atoms with E-state index in [0.717, 1.165) is 12.2 Å². The Morgan fingerprint density at radius 1 is 1.29 bits per heavy atom. The van der Waals surface area contributed by atoms with Crippen LogP contribution in [0.1, 0.15) is 19.4 Å². The molecule has 0 radical (unpaired) electrons. The Balaban J connectivity index is 2.69. The van der Waals surface area contributed by atoms with E-state index in [2.05, 4.69) is 19.9 Å². The van der Waals surface area contributed by atoms with E-state index in [1.807, 2.05) is 18.2 Å². The summed E-state index contributed by atoms with van der Waals surface area (Å²) in [7, 11) is 0. The van der Waals surface area contributed by atoms with Crippen molar-refractivity contribution in [2.45, 2.75) is 20.3 Å². The highest BCUT2D eigenvalue weighted by atomic mass is 16.5. The van der Waals surface area contributed by atoms with E-state index in [0.29, 0.717) is 12.5 Å². The van der Waals surface area contributed by atoms with Gasteiger partial charge in [-0.2, -0.15) is 0 Å². The monoisotopic (exact) mass is 194 g/mol. The predicted molar refractivity (Wildman–Crippen MR) is 57.6 cm³/mol.